The summed E-state index contributed by atoms with van der Waals surface area (Å²) in [5.41, 5.74) is -5.93. The molecule has 0 heterocycles. The first-order valence-electron chi connectivity index (χ1n) is 9.60. The number of fused-ring (bicyclic) bond motifs is 3. The molecule has 0 amide bonds. The molecule has 28 heavy (non-hydrogen) atoms. The van der Waals surface area contributed by atoms with E-state index in [-0.39, 0.29) is 38.5 Å². The lowest BCUT2D eigenvalue weighted by molar-refractivity contribution is -0.346. The number of rotatable bonds is 3. The summed E-state index contributed by atoms with van der Waals surface area (Å²) < 4.78 is 0. The predicted octanol–water partition coefficient (Wildman–Crippen LogP) is -2.89. The Morgan fingerprint density at radius 1 is 1.11 bits per heavy atom. The van der Waals surface area contributed by atoms with Crippen LogP contribution in [-0.2, 0) is 14.4 Å². The number of carbonyl (C=O) groups is 3. The zero-order valence-electron chi connectivity index (χ0n) is 15.6. The maximum absolute atomic E-state index is 12.5. The van der Waals surface area contributed by atoms with E-state index in [1.54, 1.807) is 0 Å². The number of hydrogen-bond donors (Lipinski definition) is 2. The molecule has 0 aromatic rings. The summed E-state index contributed by atoms with van der Waals surface area (Å²) >= 11 is 0. The summed E-state index contributed by atoms with van der Waals surface area (Å²) in [6.07, 6.45) is -1.16. The van der Waals surface area contributed by atoms with Crippen molar-refractivity contribution in [2.75, 3.05) is 0 Å². The van der Waals surface area contributed by atoms with Crippen molar-refractivity contribution in [3.05, 3.63) is 12.2 Å². The van der Waals surface area contributed by atoms with E-state index in [1.807, 2.05) is 0 Å². The lowest BCUT2D eigenvalue weighted by Gasteiger charge is -2.56. The second-order valence-corrected chi connectivity index (χ2v) is 9.54. The summed E-state index contributed by atoms with van der Waals surface area (Å²) in [4.78, 5) is 37.0. The Morgan fingerprint density at radius 3 is 2.29 bits per heavy atom. The summed E-state index contributed by atoms with van der Waals surface area (Å²) in [5.74, 6) is -8.44. The number of hydrogen-bond acceptors (Lipinski definition) is 8. The molecule has 4 rings (SSSR count). The fourth-order valence-corrected chi connectivity index (χ4v) is 7.63. The van der Waals surface area contributed by atoms with Crippen LogP contribution in [0.3, 0.4) is 0 Å². The van der Waals surface area contributed by atoms with Crippen LogP contribution in [0.5, 0.6) is 0 Å². The predicted molar refractivity (Wildman–Crippen MR) is 86.3 cm³/mol. The monoisotopic (exact) mass is 391 g/mol. The van der Waals surface area contributed by atoms with E-state index in [0.29, 0.717) is 5.57 Å². The third-order valence-electron chi connectivity index (χ3n) is 8.74. The van der Waals surface area contributed by atoms with Gasteiger partial charge in [-0.25, -0.2) is 0 Å². The maximum Gasteiger partial charge on any atom is 0.0860 e. The first kappa shape index (κ1) is 19.4. The van der Waals surface area contributed by atoms with Gasteiger partial charge in [-0.1, -0.05) is 13.5 Å². The summed E-state index contributed by atoms with van der Waals surface area (Å²) in [5, 5.41) is 58.5. The Kier molecular flexibility index (Phi) is 3.71. The second kappa shape index (κ2) is 5.36. The van der Waals surface area contributed by atoms with Crippen LogP contribution < -0.4 is 15.3 Å². The first-order chi connectivity index (χ1) is 12.9. The molecular weight excluding hydrogens is 368 g/mol. The minimum absolute atomic E-state index is 0.00704. The van der Waals surface area contributed by atoms with Gasteiger partial charge in [-0.2, -0.15) is 0 Å². The van der Waals surface area contributed by atoms with Crippen LogP contribution >= 0.6 is 0 Å². The Hall–Kier alpha value is -1.93. The third kappa shape index (κ3) is 1.86. The fourth-order valence-electron chi connectivity index (χ4n) is 7.63. The Morgan fingerprint density at radius 2 is 1.75 bits per heavy atom. The smallest absolute Gasteiger partial charge is 0.0860 e. The zero-order chi connectivity index (χ0) is 20.9. The van der Waals surface area contributed by atoms with Crippen molar-refractivity contribution in [3.63, 3.8) is 0 Å². The maximum atomic E-state index is 12.5. The molecule has 2 bridgehead atoms. The molecule has 0 aromatic carbocycles. The van der Waals surface area contributed by atoms with Crippen LogP contribution in [-0.4, -0.2) is 39.8 Å². The Labute approximate surface area is 161 Å². The van der Waals surface area contributed by atoms with Gasteiger partial charge in [0.05, 0.1) is 17.7 Å². The normalized spacial score (nSPS) is 52.0. The fraction of sp³-hybridized carbons (Fsp3) is 0.750. The van der Waals surface area contributed by atoms with Crippen LogP contribution in [0.15, 0.2) is 12.2 Å². The highest BCUT2D eigenvalue weighted by molar-refractivity contribution is 5.84. The summed E-state index contributed by atoms with van der Waals surface area (Å²) in [6.45, 7) is 5.05. The number of aliphatic hydroxyl groups is 2. The summed E-state index contributed by atoms with van der Waals surface area (Å²) in [7, 11) is 0. The standard InChI is InChI=1S/C20H26O8/c1-9-7-18-8-19(9,28)5-3-10(18)20(16(26)27)6-4-11(21)17(2,15(24)25)13(20)12(18)14(22)23/h10-13,21,28H,1,3-8H2,2H3,(H,22,23)(H,24,25)(H,26,27)/p-3/t10-,11+,12-,13-,17-,18+,19+,20-/m1/s1. The van der Waals surface area contributed by atoms with Crippen LogP contribution in [0.2, 0.25) is 0 Å². The van der Waals surface area contributed by atoms with Gasteiger partial charge in [0.25, 0.3) is 0 Å². The van der Waals surface area contributed by atoms with Gasteiger partial charge < -0.3 is 39.9 Å². The molecule has 8 heteroatoms. The highest BCUT2D eigenvalue weighted by atomic mass is 16.4. The van der Waals surface area contributed by atoms with E-state index < -0.39 is 63.6 Å². The molecule has 1 spiro atoms. The van der Waals surface area contributed by atoms with Gasteiger partial charge in [-0.05, 0) is 61.3 Å². The van der Waals surface area contributed by atoms with Gasteiger partial charge in [-0.15, -0.1) is 0 Å². The van der Waals surface area contributed by atoms with Crippen molar-refractivity contribution in [2.24, 2.45) is 34.0 Å². The van der Waals surface area contributed by atoms with Gasteiger partial charge in [0.15, 0.2) is 0 Å². The van der Waals surface area contributed by atoms with E-state index in [0.717, 1.165) is 6.92 Å². The van der Waals surface area contributed by atoms with E-state index >= 15 is 0 Å². The molecule has 8 nitrogen and oxygen atoms in total. The molecule has 0 aliphatic heterocycles. The molecular formula is C20H23O8-3. The van der Waals surface area contributed by atoms with Crippen molar-refractivity contribution in [1.29, 1.82) is 0 Å². The minimum Gasteiger partial charge on any atom is -0.550 e. The molecule has 0 radical (unpaired) electrons. The number of carboxylic acids is 3. The lowest BCUT2D eigenvalue weighted by Crippen LogP contribution is -2.65. The summed E-state index contributed by atoms with van der Waals surface area (Å²) in [6, 6.07) is 0. The van der Waals surface area contributed by atoms with Crippen molar-refractivity contribution in [3.8, 4) is 0 Å². The number of aliphatic hydroxyl groups excluding tert-OH is 1. The van der Waals surface area contributed by atoms with Gasteiger partial charge >= 0.3 is 0 Å². The van der Waals surface area contributed by atoms with Crippen LogP contribution in [0.4, 0.5) is 0 Å². The minimum atomic E-state index is -2.10. The first-order valence-corrected chi connectivity index (χ1v) is 9.60. The van der Waals surface area contributed by atoms with Gasteiger partial charge in [0.1, 0.15) is 0 Å². The van der Waals surface area contributed by atoms with Crippen molar-refractivity contribution in [2.45, 2.75) is 57.2 Å². The molecule has 4 fully saturated rings. The van der Waals surface area contributed by atoms with Crippen molar-refractivity contribution >= 4 is 17.9 Å². The van der Waals surface area contributed by atoms with Gasteiger partial charge in [-0.3, -0.25) is 0 Å². The highest BCUT2D eigenvalue weighted by Crippen LogP contribution is 2.77. The number of carboxylic acid groups (broad SMARTS) is 3. The zero-order valence-corrected chi connectivity index (χ0v) is 15.6. The Bertz CT molecular complexity index is 806. The molecule has 0 unspecified atom stereocenters. The van der Waals surface area contributed by atoms with Gasteiger partial charge in [0.2, 0.25) is 0 Å². The number of aliphatic carboxylic acids is 3. The molecule has 8 atom stereocenters. The number of carbonyl (C=O) groups excluding carboxylic acids is 3. The van der Waals surface area contributed by atoms with E-state index in [1.165, 1.54) is 0 Å². The van der Waals surface area contributed by atoms with E-state index in [4.69, 9.17) is 0 Å². The van der Waals surface area contributed by atoms with Crippen LogP contribution in [0.1, 0.15) is 45.4 Å². The molecule has 0 aromatic heterocycles. The topological polar surface area (TPSA) is 161 Å². The molecule has 4 saturated carbocycles. The molecule has 0 saturated heterocycles. The average molecular weight is 391 g/mol. The Balaban J connectivity index is 2.03. The average Bonchev–Trinajstić information content (AvgIpc) is 2.96. The highest BCUT2D eigenvalue weighted by Gasteiger charge is 2.77. The van der Waals surface area contributed by atoms with Gasteiger partial charge in [0, 0.05) is 28.7 Å². The molecule has 154 valence electrons. The largest absolute Gasteiger partial charge is 0.550 e. The molecule has 4 aliphatic rings. The molecule has 4 aliphatic carbocycles. The quantitative estimate of drug-likeness (QED) is 0.485. The molecule has 2 N–H and O–H groups in total. The SMILES string of the molecule is C=C1C[C@]23C[C@@]1(O)CC[C@H]2[C@]1(C(=O)[O-])CC[C@H](O)[C@@](C)(C(=O)[O-])[C@H]1[C@@H]3C(=O)[O-]. The van der Waals surface area contributed by atoms with Crippen molar-refractivity contribution < 1.29 is 39.9 Å². The third-order valence-corrected chi connectivity index (χ3v) is 8.74. The van der Waals surface area contributed by atoms with Crippen molar-refractivity contribution in [1.82, 2.24) is 0 Å². The second-order valence-electron chi connectivity index (χ2n) is 9.54. The van der Waals surface area contributed by atoms with E-state index in [9.17, 15) is 39.9 Å². The van der Waals surface area contributed by atoms with Crippen LogP contribution in [0, 0.1) is 34.0 Å². The van der Waals surface area contributed by atoms with E-state index in [2.05, 4.69) is 6.58 Å². The van der Waals surface area contributed by atoms with Crippen LogP contribution in [0.25, 0.3) is 0 Å². The lowest BCUT2D eigenvalue weighted by atomic mass is 9.51.